The Morgan fingerprint density at radius 1 is 1.53 bits per heavy atom. The zero-order chi connectivity index (χ0) is 11.0. The zero-order valence-corrected chi connectivity index (χ0v) is 8.51. The molecule has 0 spiro atoms. The molecule has 1 fully saturated rings. The van der Waals surface area contributed by atoms with E-state index in [9.17, 15) is 14.3 Å². The van der Waals surface area contributed by atoms with Gasteiger partial charge >= 0.3 is 0 Å². The summed E-state index contributed by atoms with van der Waals surface area (Å²) < 4.78 is 13.1. The summed E-state index contributed by atoms with van der Waals surface area (Å²) in [5.41, 5.74) is -0.0798. The summed E-state index contributed by atoms with van der Waals surface area (Å²) in [6, 6.07) is 2.72. The van der Waals surface area contributed by atoms with Crippen LogP contribution in [0.5, 0.6) is 5.75 Å². The van der Waals surface area contributed by atoms with Crippen molar-refractivity contribution in [3.8, 4) is 5.75 Å². The van der Waals surface area contributed by atoms with Crippen LogP contribution < -0.4 is 5.32 Å². The van der Waals surface area contributed by atoms with Crippen LogP contribution in [-0.2, 0) is 0 Å². The smallest absolute Gasteiger partial charge is 0.255 e. The number of amides is 1. The molecule has 1 aliphatic carbocycles. The van der Waals surface area contributed by atoms with Crippen LogP contribution in [0.25, 0.3) is 0 Å². The molecule has 0 bridgehead atoms. The maximum Gasteiger partial charge on any atom is 0.255 e. The van der Waals surface area contributed by atoms with Crippen molar-refractivity contribution in [3.05, 3.63) is 28.5 Å². The molecule has 0 aliphatic heterocycles. The summed E-state index contributed by atoms with van der Waals surface area (Å²) in [4.78, 5) is 11.5. The van der Waals surface area contributed by atoms with Gasteiger partial charge in [0.25, 0.3) is 5.91 Å². The first-order valence-electron chi connectivity index (χ1n) is 4.57. The second-order valence-corrected chi connectivity index (χ2v) is 3.91. The fourth-order valence-corrected chi connectivity index (χ4v) is 1.37. The molecule has 0 atom stereocenters. The van der Waals surface area contributed by atoms with E-state index in [-0.39, 0.29) is 16.6 Å². The topological polar surface area (TPSA) is 49.3 Å². The Bertz CT molecular complexity index is 418. The molecular weight excluding hydrogens is 221 g/mol. The molecule has 0 saturated heterocycles. The van der Waals surface area contributed by atoms with Crippen LogP contribution in [0, 0.1) is 5.82 Å². The number of phenols is 1. The first kappa shape index (κ1) is 10.2. The van der Waals surface area contributed by atoms with Crippen LogP contribution >= 0.6 is 11.6 Å². The second-order valence-electron chi connectivity index (χ2n) is 3.51. The molecule has 1 amide bonds. The minimum atomic E-state index is -0.958. The highest BCUT2D eigenvalue weighted by molar-refractivity contribution is 6.31. The van der Waals surface area contributed by atoms with E-state index in [0.717, 1.165) is 12.8 Å². The van der Waals surface area contributed by atoms with Crippen molar-refractivity contribution in [3.63, 3.8) is 0 Å². The van der Waals surface area contributed by atoms with Crippen LogP contribution in [-0.4, -0.2) is 17.1 Å². The normalized spacial score (nSPS) is 15.1. The Kier molecular flexibility index (Phi) is 2.52. The highest BCUT2D eigenvalue weighted by atomic mass is 35.5. The van der Waals surface area contributed by atoms with Gasteiger partial charge in [0.1, 0.15) is 0 Å². The lowest BCUT2D eigenvalue weighted by Gasteiger charge is -2.06. The molecule has 1 saturated carbocycles. The molecule has 0 unspecified atom stereocenters. The Hall–Kier alpha value is -1.29. The third-order valence-electron chi connectivity index (χ3n) is 2.23. The lowest BCUT2D eigenvalue weighted by molar-refractivity contribution is 0.0947. The number of carbonyl (C=O) groups excluding carboxylic acids is 1. The molecule has 3 nitrogen and oxygen atoms in total. The quantitative estimate of drug-likeness (QED) is 0.816. The van der Waals surface area contributed by atoms with E-state index in [4.69, 9.17) is 11.6 Å². The van der Waals surface area contributed by atoms with Gasteiger partial charge in [0.15, 0.2) is 11.6 Å². The highest BCUT2D eigenvalue weighted by Gasteiger charge is 2.25. The Morgan fingerprint density at radius 3 is 2.80 bits per heavy atom. The van der Waals surface area contributed by atoms with E-state index in [1.54, 1.807) is 0 Å². The molecule has 5 heteroatoms. The van der Waals surface area contributed by atoms with E-state index >= 15 is 0 Å². The number of hydrogen-bond donors (Lipinski definition) is 2. The first-order chi connectivity index (χ1) is 7.09. The van der Waals surface area contributed by atoms with Gasteiger partial charge in [-0.1, -0.05) is 11.6 Å². The molecule has 0 heterocycles. The van der Waals surface area contributed by atoms with Crippen LogP contribution in [0.1, 0.15) is 23.2 Å². The van der Waals surface area contributed by atoms with Gasteiger partial charge in [0.05, 0.1) is 10.6 Å². The number of nitrogens with one attached hydrogen (secondary N) is 1. The molecule has 0 aromatic heterocycles. The maximum atomic E-state index is 13.1. The van der Waals surface area contributed by atoms with E-state index in [0.29, 0.717) is 0 Å². The summed E-state index contributed by atoms with van der Waals surface area (Å²) in [5.74, 6) is -2.12. The first-order valence-corrected chi connectivity index (χ1v) is 4.95. The Labute approximate surface area is 90.9 Å². The SMILES string of the molecule is O=C(NC1CC1)c1ccc(Cl)c(F)c1O. The van der Waals surface area contributed by atoms with Crippen molar-refractivity contribution in [1.29, 1.82) is 0 Å². The molecule has 80 valence electrons. The molecule has 0 radical (unpaired) electrons. The van der Waals surface area contributed by atoms with Gasteiger partial charge in [-0.3, -0.25) is 4.79 Å². The van der Waals surface area contributed by atoms with Crippen LogP contribution in [0.15, 0.2) is 12.1 Å². The molecule has 1 aromatic carbocycles. The molecule has 15 heavy (non-hydrogen) atoms. The number of halogens is 2. The second kappa shape index (κ2) is 3.70. The number of hydrogen-bond acceptors (Lipinski definition) is 2. The largest absolute Gasteiger partial charge is 0.504 e. The third-order valence-corrected chi connectivity index (χ3v) is 2.52. The fraction of sp³-hybridized carbons (Fsp3) is 0.300. The maximum absolute atomic E-state index is 13.1. The minimum Gasteiger partial charge on any atom is -0.504 e. The van der Waals surface area contributed by atoms with Gasteiger partial charge in [-0.2, -0.15) is 0 Å². The minimum absolute atomic E-state index is 0.0798. The Balaban J connectivity index is 2.26. The van der Waals surface area contributed by atoms with Gasteiger partial charge < -0.3 is 10.4 Å². The lowest BCUT2D eigenvalue weighted by atomic mass is 10.2. The van der Waals surface area contributed by atoms with Crippen LogP contribution in [0.3, 0.4) is 0 Å². The predicted molar refractivity (Wildman–Crippen MR) is 53.6 cm³/mol. The van der Waals surface area contributed by atoms with Crippen molar-refractivity contribution < 1.29 is 14.3 Å². The van der Waals surface area contributed by atoms with Crippen molar-refractivity contribution >= 4 is 17.5 Å². The number of rotatable bonds is 2. The lowest BCUT2D eigenvalue weighted by Crippen LogP contribution is -2.25. The summed E-state index contributed by atoms with van der Waals surface area (Å²) in [5, 5.41) is 11.8. The molecular formula is C10H9ClFNO2. The predicted octanol–water partition coefficient (Wildman–Crippen LogP) is 2.08. The van der Waals surface area contributed by atoms with Crippen molar-refractivity contribution in [2.24, 2.45) is 0 Å². The number of benzene rings is 1. The van der Waals surface area contributed by atoms with Crippen molar-refractivity contribution in [1.82, 2.24) is 5.32 Å². The summed E-state index contributed by atoms with van der Waals surface area (Å²) in [6.07, 6.45) is 1.87. The highest BCUT2D eigenvalue weighted by Crippen LogP contribution is 2.28. The summed E-state index contributed by atoms with van der Waals surface area (Å²) >= 11 is 5.44. The number of aromatic hydroxyl groups is 1. The zero-order valence-electron chi connectivity index (χ0n) is 7.76. The van der Waals surface area contributed by atoms with Crippen LogP contribution in [0.4, 0.5) is 4.39 Å². The van der Waals surface area contributed by atoms with Gasteiger partial charge in [-0.05, 0) is 25.0 Å². The van der Waals surface area contributed by atoms with Crippen molar-refractivity contribution in [2.45, 2.75) is 18.9 Å². The van der Waals surface area contributed by atoms with Gasteiger partial charge in [-0.15, -0.1) is 0 Å². The van der Waals surface area contributed by atoms with Gasteiger partial charge in [-0.25, -0.2) is 4.39 Å². The Morgan fingerprint density at radius 2 is 2.20 bits per heavy atom. The van der Waals surface area contributed by atoms with Crippen molar-refractivity contribution in [2.75, 3.05) is 0 Å². The fourth-order valence-electron chi connectivity index (χ4n) is 1.21. The van der Waals surface area contributed by atoms with Gasteiger partial charge in [0, 0.05) is 6.04 Å². The monoisotopic (exact) mass is 229 g/mol. The van der Waals surface area contributed by atoms with Gasteiger partial charge in [0.2, 0.25) is 0 Å². The van der Waals surface area contributed by atoms with E-state index in [1.165, 1.54) is 12.1 Å². The molecule has 1 aliphatic rings. The van der Waals surface area contributed by atoms with E-state index in [1.807, 2.05) is 0 Å². The van der Waals surface area contributed by atoms with E-state index < -0.39 is 17.5 Å². The number of carbonyl (C=O) groups is 1. The summed E-state index contributed by atoms with van der Waals surface area (Å²) in [7, 11) is 0. The number of phenolic OH excluding ortho intramolecular Hbond substituents is 1. The molecule has 1 aromatic rings. The van der Waals surface area contributed by atoms with Crippen LogP contribution in [0.2, 0.25) is 5.02 Å². The average molecular weight is 230 g/mol. The van der Waals surface area contributed by atoms with E-state index in [2.05, 4.69) is 5.32 Å². The third kappa shape index (κ3) is 2.04. The molecule has 2 rings (SSSR count). The average Bonchev–Trinajstić information content (AvgIpc) is 2.98. The standard InChI is InChI=1S/C10H9ClFNO2/c11-7-4-3-6(9(14)8(7)12)10(15)13-5-1-2-5/h3-5,14H,1-2H2,(H,13,15). The molecule has 2 N–H and O–H groups in total. The summed E-state index contributed by atoms with van der Waals surface area (Å²) in [6.45, 7) is 0.